The standard InChI is InChI=1S/C9H12O2/c10-8-6-4-2-1-3-5-7-9-11/h1-2,4,6-9,11H,3,5H2/b2-1+,6-4+,9-7+. The van der Waals surface area contributed by atoms with Crippen LogP contribution in [0.3, 0.4) is 0 Å². The van der Waals surface area contributed by atoms with Gasteiger partial charge in [0.25, 0.3) is 0 Å². The number of aliphatic hydroxyl groups excluding tert-OH is 1. The number of hydrogen-bond donors (Lipinski definition) is 1. The minimum Gasteiger partial charge on any atom is -0.516 e. The minimum atomic E-state index is 0.734. The van der Waals surface area contributed by atoms with Crippen LogP contribution in [0, 0.1) is 0 Å². The molecule has 1 N–H and O–H groups in total. The number of aldehydes is 1. The molecule has 0 atom stereocenters. The van der Waals surface area contributed by atoms with Crippen molar-refractivity contribution < 1.29 is 9.90 Å². The zero-order chi connectivity index (χ0) is 8.36. The molecule has 0 saturated carbocycles. The highest BCUT2D eigenvalue weighted by atomic mass is 16.2. The lowest BCUT2D eigenvalue weighted by molar-refractivity contribution is -0.104. The molecule has 0 aromatic rings. The van der Waals surface area contributed by atoms with E-state index in [0.29, 0.717) is 0 Å². The van der Waals surface area contributed by atoms with E-state index in [-0.39, 0.29) is 0 Å². The molecule has 0 aromatic carbocycles. The van der Waals surface area contributed by atoms with Crippen molar-refractivity contribution in [2.24, 2.45) is 0 Å². The van der Waals surface area contributed by atoms with Gasteiger partial charge in [-0.3, -0.25) is 4.79 Å². The summed E-state index contributed by atoms with van der Waals surface area (Å²) in [7, 11) is 0. The lowest BCUT2D eigenvalue weighted by atomic mass is 10.3. The minimum absolute atomic E-state index is 0.734. The Morgan fingerprint density at radius 3 is 2.36 bits per heavy atom. The van der Waals surface area contributed by atoms with Crippen molar-refractivity contribution in [2.75, 3.05) is 0 Å². The molecule has 0 aliphatic rings. The van der Waals surface area contributed by atoms with Crippen LogP contribution >= 0.6 is 0 Å². The van der Waals surface area contributed by atoms with Gasteiger partial charge in [0.15, 0.2) is 0 Å². The quantitative estimate of drug-likeness (QED) is 0.215. The van der Waals surface area contributed by atoms with Crippen LogP contribution in [0.5, 0.6) is 0 Å². The SMILES string of the molecule is O=C/C=C/C=C/CC/C=C/O. The summed E-state index contributed by atoms with van der Waals surface area (Å²) in [5, 5.41) is 8.24. The molecule has 0 fully saturated rings. The Morgan fingerprint density at radius 2 is 1.73 bits per heavy atom. The van der Waals surface area contributed by atoms with E-state index >= 15 is 0 Å². The molecule has 2 nitrogen and oxygen atoms in total. The number of rotatable bonds is 5. The van der Waals surface area contributed by atoms with Crippen molar-refractivity contribution in [2.45, 2.75) is 12.8 Å². The van der Waals surface area contributed by atoms with E-state index in [2.05, 4.69) is 0 Å². The van der Waals surface area contributed by atoms with Crippen LogP contribution < -0.4 is 0 Å². The Kier molecular flexibility index (Phi) is 7.66. The van der Waals surface area contributed by atoms with Gasteiger partial charge in [0.05, 0.1) is 6.26 Å². The maximum atomic E-state index is 9.78. The van der Waals surface area contributed by atoms with Crippen LogP contribution in [0.15, 0.2) is 36.6 Å². The van der Waals surface area contributed by atoms with Gasteiger partial charge in [-0.1, -0.05) is 18.2 Å². The third-order valence-corrected chi connectivity index (χ3v) is 1.04. The van der Waals surface area contributed by atoms with Gasteiger partial charge in [0.1, 0.15) is 6.29 Å². The molecular weight excluding hydrogens is 140 g/mol. The van der Waals surface area contributed by atoms with Crippen LogP contribution in [-0.4, -0.2) is 11.4 Å². The average molecular weight is 152 g/mol. The third kappa shape index (κ3) is 8.69. The molecule has 0 radical (unpaired) electrons. The molecule has 0 unspecified atom stereocenters. The van der Waals surface area contributed by atoms with Gasteiger partial charge >= 0.3 is 0 Å². The smallest absolute Gasteiger partial charge is 0.142 e. The molecule has 0 rings (SSSR count). The van der Waals surface area contributed by atoms with E-state index in [1.165, 1.54) is 6.08 Å². The largest absolute Gasteiger partial charge is 0.516 e. The fourth-order valence-corrected chi connectivity index (χ4v) is 0.551. The van der Waals surface area contributed by atoms with Gasteiger partial charge in [-0.25, -0.2) is 0 Å². The van der Waals surface area contributed by atoms with Crippen LogP contribution in [-0.2, 0) is 4.79 Å². The van der Waals surface area contributed by atoms with Crippen molar-refractivity contribution in [1.82, 2.24) is 0 Å². The molecular formula is C9H12O2. The number of aliphatic hydroxyl groups is 1. The Labute approximate surface area is 66.5 Å². The summed E-state index contributed by atoms with van der Waals surface area (Å²) in [5.74, 6) is 0. The highest BCUT2D eigenvalue weighted by Crippen LogP contribution is 1.91. The van der Waals surface area contributed by atoms with Crippen molar-refractivity contribution in [3.05, 3.63) is 36.6 Å². The fourth-order valence-electron chi connectivity index (χ4n) is 0.551. The van der Waals surface area contributed by atoms with E-state index < -0.39 is 0 Å². The molecule has 0 spiro atoms. The maximum Gasteiger partial charge on any atom is 0.142 e. The molecule has 60 valence electrons. The second-order valence-electron chi connectivity index (χ2n) is 1.91. The zero-order valence-electron chi connectivity index (χ0n) is 6.31. The van der Waals surface area contributed by atoms with Crippen molar-refractivity contribution in [3.63, 3.8) is 0 Å². The Hall–Kier alpha value is -1.31. The molecule has 2 heteroatoms. The summed E-state index contributed by atoms with van der Waals surface area (Å²) in [5.41, 5.74) is 0. The number of carbonyl (C=O) groups excluding carboxylic acids is 1. The molecule has 0 aromatic heterocycles. The molecule has 0 heterocycles. The molecule has 11 heavy (non-hydrogen) atoms. The van der Waals surface area contributed by atoms with Crippen LogP contribution in [0.1, 0.15) is 12.8 Å². The van der Waals surface area contributed by atoms with E-state index in [4.69, 9.17) is 5.11 Å². The predicted octanol–water partition coefficient (Wildman–Crippen LogP) is 2.15. The lowest BCUT2D eigenvalue weighted by Crippen LogP contribution is -1.63. The Bertz CT molecular complexity index is 166. The van der Waals surface area contributed by atoms with Crippen molar-refractivity contribution in [3.8, 4) is 0 Å². The fraction of sp³-hybridized carbons (Fsp3) is 0.222. The highest BCUT2D eigenvalue weighted by molar-refractivity contribution is 5.65. The van der Waals surface area contributed by atoms with Gasteiger partial charge in [-0.15, -0.1) is 0 Å². The Morgan fingerprint density at radius 1 is 1.00 bits per heavy atom. The molecule has 0 amide bonds. The maximum absolute atomic E-state index is 9.78. The predicted molar refractivity (Wildman–Crippen MR) is 45.3 cm³/mol. The van der Waals surface area contributed by atoms with Crippen molar-refractivity contribution >= 4 is 6.29 Å². The van der Waals surface area contributed by atoms with E-state index in [0.717, 1.165) is 25.4 Å². The molecule has 0 aliphatic heterocycles. The Balaban J connectivity index is 3.29. The molecule has 0 saturated heterocycles. The molecule has 0 bridgehead atoms. The van der Waals surface area contributed by atoms with Gasteiger partial charge < -0.3 is 5.11 Å². The summed E-state index contributed by atoms with van der Waals surface area (Å²) in [6.07, 6.45) is 12.0. The second-order valence-corrected chi connectivity index (χ2v) is 1.91. The van der Waals surface area contributed by atoms with Gasteiger partial charge in [0.2, 0.25) is 0 Å². The second kappa shape index (κ2) is 8.69. The molecule has 0 aliphatic carbocycles. The number of hydrogen-bond acceptors (Lipinski definition) is 2. The summed E-state index contributed by atoms with van der Waals surface area (Å²) in [4.78, 5) is 9.78. The topological polar surface area (TPSA) is 37.3 Å². The van der Waals surface area contributed by atoms with E-state index in [9.17, 15) is 4.79 Å². The lowest BCUT2D eigenvalue weighted by Gasteiger charge is -1.81. The third-order valence-electron chi connectivity index (χ3n) is 1.04. The highest BCUT2D eigenvalue weighted by Gasteiger charge is 1.73. The van der Waals surface area contributed by atoms with E-state index in [1.54, 1.807) is 18.2 Å². The van der Waals surface area contributed by atoms with E-state index in [1.807, 2.05) is 6.08 Å². The van der Waals surface area contributed by atoms with Crippen LogP contribution in [0.25, 0.3) is 0 Å². The first-order valence-electron chi connectivity index (χ1n) is 3.48. The number of allylic oxidation sites excluding steroid dienone is 5. The summed E-state index contributed by atoms with van der Waals surface area (Å²) in [6.45, 7) is 0. The first kappa shape index (κ1) is 9.69. The summed E-state index contributed by atoms with van der Waals surface area (Å²) < 4.78 is 0. The average Bonchev–Trinajstić information content (AvgIpc) is 2.03. The summed E-state index contributed by atoms with van der Waals surface area (Å²) >= 11 is 0. The number of carbonyl (C=O) groups is 1. The normalized spacial score (nSPS) is 12.0. The zero-order valence-corrected chi connectivity index (χ0v) is 6.31. The van der Waals surface area contributed by atoms with Crippen molar-refractivity contribution in [1.29, 1.82) is 0 Å². The first-order chi connectivity index (χ1) is 5.41. The van der Waals surface area contributed by atoms with Crippen LogP contribution in [0.4, 0.5) is 0 Å². The van der Waals surface area contributed by atoms with Gasteiger partial charge in [-0.05, 0) is 25.0 Å². The first-order valence-corrected chi connectivity index (χ1v) is 3.48. The van der Waals surface area contributed by atoms with Crippen LogP contribution in [0.2, 0.25) is 0 Å². The number of unbranched alkanes of at least 4 members (excludes halogenated alkanes) is 1. The monoisotopic (exact) mass is 152 g/mol. The van der Waals surface area contributed by atoms with Gasteiger partial charge in [-0.2, -0.15) is 0 Å². The summed E-state index contributed by atoms with van der Waals surface area (Å²) in [6, 6.07) is 0. The van der Waals surface area contributed by atoms with Gasteiger partial charge in [0, 0.05) is 0 Å².